The summed E-state index contributed by atoms with van der Waals surface area (Å²) in [6.45, 7) is 6.40. The van der Waals surface area contributed by atoms with Gasteiger partial charge in [-0.05, 0) is 63.4 Å². The second kappa shape index (κ2) is 7.97. The zero-order valence-corrected chi connectivity index (χ0v) is 15.0. The van der Waals surface area contributed by atoms with Crippen LogP contribution in [0.2, 0.25) is 0 Å². The number of nitrogens with one attached hydrogen (secondary N) is 2. The summed E-state index contributed by atoms with van der Waals surface area (Å²) in [4.78, 5) is 26.3. The molecule has 1 aliphatic heterocycles. The minimum atomic E-state index is -0.0597. The molecule has 2 aliphatic rings. The number of morpholine rings is 1. The van der Waals surface area contributed by atoms with E-state index in [9.17, 15) is 9.59 Å². The first-order valence-electron chi connectivity index (χ1n) is 9.06. The summed E-state index contributed by atoms with van der Waals surface area (Å²) in [6, 6.07) is 7.08. The van der Waals surface area contributed by atoms with E-state index >= 15 is 0 Å². The van der Waals surface area contributed by atoms with Gasteiger partial charge in [-0.1, -0.05) is 0 Å². The number of anilines is 1. The van der Waals surface area contributed by atoms with Gasteiger partial charge < -0.3 is 20.3 Å². The highest BCUT2D eigenvalue weighted by atomic mass is 16.5. The third-order valence-corrected chi connectivity index (χ3v) is 4.54. The van der Waals surface area contributed by atoms with Crippen LogP contribution in [-0.2, 0) is 9.53 Å². The van der Waals surface area contributed by atoms with Gasteiger partial charge in [0, 0.05) is 24.3 Å². The molecule has 0 spiro atoms. The number of amides is 2. The molecule has 0 bridgehead atoms. The molecule has 2 atom stereocenters. The van der Waals surface area contributed by atoms with Gasteiger partial charge in [-0.3, -0.25) is 9.59 Å². The Kier molecular flexibility index (Phi) is 5.71. The normalized spacial score (nSPS) is 23.4. The first kappa shape index (κ1) is 17.9. The molecule has 3 rings (SSSR count). The summed E-state index contributed by atoms with van der Waals surface area (Å²) < 4.78 is 5.67. The topological polar surface area (TPSA) is 70.7 Å². The number of hydrogen-bond donors (Lipinski definition) is 2. The number of benzene rings is 1. The standard InChI is InChI=1S/C19H27N3O3/c1-13-11-22(12-14(2)25-13)19(24)16-5-7-17(8-6-16)21-18(23)10-20-9-15-3-4-15/h5-8,13-15,20H,3-4,9-12H2,1-2H3,(H,21,23). The fourth-order valence-corrected chi connectivity index (χ4v) is 3.14. The molecule has 1 saturated heterocycles. The Morgan fingerprint density at radius 3 is 2.36 bits per heavy atom. The Labute approximate surface area is 148 Å². The molecule has 2 amide bonds. The van der Waals surface area contributed by atoms with Crippen molar-refractivity contribution in [3.05, 3.63) is 29.8 Å². The number of ether oxygens (including phenoxy) is 1. The first-order valence-corrected chi connectivity index (χ1v) is 9.06. The van der Waals surface area contributed by atoms with Crippen LogP contribution in [-0.4, -0.2) is 55.1 Å². The van der Waals surface area contributed by atoms with Crippen molar-refractivity contribution in [1.29, 1.82) is 0 Å². The summed E-state index contributed by atoms with van der Waals surface area (Å²) in [5, 5.41) is 6.01. The highest BCUT2D eigenvalue weighted by Crippen LogP contribution is 2.27. The van der Waals surface area contributed by atoms with E-state index in [4.69, 9.17) is 4.74 Å². The first-order chi connectivity index (χ1) is 12.0. The highest BCUT2D eigenvalue weighted by molar-refractivity contribution is 5.96. The van der Waals surface area contributed by atoms with Crippen molar-refractivity contribution in [2.75, 3.05) is 31.5 Å². The van der Waals surface area contributed by atoms with Crippen molar-refractivity contribution >= 4 is 17.5 Å². The highest BCUT2D eigenvalue weighted by Gasteiger charge is 2.26. The van der Waals surface area contributed by atoms with E-state index in [0.717, 1.165) is 12.5 Å². The van der Waals surface area contributed by atoms with E-state index in [1.807, 2.05) is 18.7 Å². The predicted molar refractivity (Wildman–Crippen MR) is 96.6 cm³/mol. The minimum absolute atomic E-state index is 0.00553. The average molecular weight is 345 g/mol. The second-order valence-electron chi connectivity index (χ2n) is 7.17. The maximum absolute atomic E-state index is 12.6. The molecule has 2 unspecified atom stereocenters. The summed E-state index contributed by atoms with van der Waals surface area (Å²) in [5.74, 6) is 0.699. The Morgan fingerprint density at radius 1 is 1.12 bits per heavy atom. The van der Waals surface area contributed by atoms with Crippen LogP contribution in [0.4, 0.5) is 5.69 Å². The van der Waals surface area contributed by atoms with Crippen molar-refractivity contribution in [3.8, 4) is 0 Å². The van der Waals surface area contributed by atoms with E-state index in [-0.39, 0.29) is 24.0 Å². The smallest absolute Gasteiger partial charge is 0.254 e. The molecule has 0 aromatic heterocycles. The van der Waals surface area contributed by atoms with Crippen molar-refractivity contribution in [2.45, 2.75) is 38.9 Å². The monoisotopic (exact) mass is 345 g/mol. The van der Waals surface area contributed by atoms with Gasteiger partial charge in [0.05, 0.1) is 18.8 Å². The molecule has 2 N–H and O–H groups in total. The van der Waals surface area contributed by atoms with Gasteiger partial charge in [-0.25, -0.2) is 0 Å². The van der Waals surface area contributed by atoms with Crippen LogP contribution in [0.5, 0.6) is 0 Å². The molecule has 25 heavy (non-hydrogen) atoms. The Bertz CT molecular complexity index is 603. The maximum Gasteiger partial charge on any atom is 0.254 e. The number of carbonyl (C=O) groups excluding carboxylic acids is 2. The fourth-order valence-electron chi connectivity index (χ4n) is 3.14. The minimum Gasteiger partial charge on any atom is -0.372 e. The van der Waals surface area contributed by atoms with Crippen LogP contribution >= 0.6 is 0 Å². The van der Waals surface area contributed by atoms with Crippen molar-refractivity contribution in [3.63, 3.8) is 0 Å². The SMILES string of the molecule is CC1CN(C(=O)c2ccc(NC(=O)CNCC3CC3)cc2)CC(C)O1. The van der Waals surface area contributed by atoms with Gasteiger partial charge in [-0.2, -0.15) is 0 Å². The van der Waals surface area contributed by atoms with E-state index in [2.05, 4.69) is 10.6 Å². The molecular weight excluding hydrogens is 318 g/mol. The summed E-state index contributed by atoms with van der Waals surface area (Å²) in [5.41, 5.74) is 1.34. The lowest BCUT2D eigenvalue weighted by Gasteiger charge is -2.35. The van der Waals surface area contributed by atoms with Crippen molar-refractivity contribution in [1.82, 2.24) is 10.2 Å². The van der Waals surface area contributed by atoms with Crippen LogP contribution in [0.15, 0.2) is 24.3 Å². The largest absolute Gasteiger partial charge is 0.372 e. The molecular formula is C19H27N3O3. The van der Waals surface area contributed by atoms with Crippen LogP contribution < -0.4 is 10.6 Å². The van der Waals surface area contributed by atoms with Gasteiger partial charge in [0.2, 0.25) is 5.91 Å². The third-order valence-electron chi connectivity index (χ3n) is 4.54. The Morgan fingerprint density at radius 2 is 1.76 bits per heavy atom. The number of carbonyl (C=O) groups is 2. The Balaban J connectivity index is 1.50. The van der Waals surface area contributed by atoms with Crippen LogP contribution in [0.3, 0.4) is 0 Å². The van der Waals surface area contributed by atoms with Crippen molar-refractivity contribution in [2.24, 2.45) is 5.92 Å². The lowest BCUT2D eigenvalue weighted by molar-refractivity contribution is -0.115. The molecule has 1 aromatic rings. The van der Waals surface area contributed by atoms with Gasteiger partial charge in [0.25, 0.3) is 5.91 Å². The van der Waals surface area contributed by atoms with Crippen LogP contribution in [0, 0.1) is 5.92 Å². The van der Waals surface area contributed by atoms with E-state index in [1.54, 1.807) is 24.3 Å². The number of rotatable bonds is 6. The zero-order valence-electron chi connectivity index (χ0n) is 15.0. The summed E-state index contributed by atoms with van der Waals surface area (Å²) in [6.07, 6.45) is 2.64. The van der Waals surface area contributed by atoms with Crippen molar-refractivity contribution < 1.29 is 14.3 Å². The van der Waals surface area contributed by atoms with Crippen LogP contribution in [0.1, 0.15) is 37.0 Å². The predicted octanol–water partition coefficient (Wildman–Crippen LogP) is 1.87. The molecule has 2 fully saturated rings. The third kappa shape index (κ3) is 5.28. The van der Waals surface area contributed by atoms with Gasteiger partial charge in [0.1, 0.15) is 0 Å². The lowest BCUT2D eigenvalue weighted by atomic mass is 10.1. The maximum atomic E-state index is 12.6. The number of nitrogens with zero attached hydrogens (tertiary/aromatic N) is 1. The molecule has 136 valence electrons. The molecule has 1 saturated carbocycles. The molecule has 1 aromatic carbocycles. The lowest BCUT2D eigenvalue weighted by Crippen LogP contribution is -2.48. The molecule has 1 heterocycles. The fraction of sp³-hybridized carbons (Fsp3) is 0.579. The second-order valence-corrected chi connectivity index (χ2v) is 7.17. The quantitative estimate of drug-likeness (QED) is 0.826. The van der Waals surface area contributed by atoms with Gasteiger partial charge >= 0.3 is 0 Å². The zero-order chi connectivity index (χ0) is 17.8. The molecule has 6 heteroatoms. The van der Waals surface area contributed by atoms with Gasteiger partial charge in [-0.15, -0.1) is 0 Å². The molecule has 1 aliphatic carbocycles. The summed E-state index contributed by atoms with van der Waals surface area (Å²) in [7, 11) is 0. The van der Waals surface area contributed by atoms with E-state index in [0.29, 0.717) is 30.9 Å². The molecule has 6 nitrogen and oxygen atoms in total. The average Bonchev–Trinajstić information content (AvgIpc) is 3.38. The molecule has 0 radical (unpaired) electrons. The van der Waals surface area contributed by atoms with Crippen LogP contribution in [0.25, 0.3) is 0 Å². The van der Waals surface area contributed by atoms with Gasteiger partial charge in [0.15, 0.2) is 0 Å². The van der Waals surface area contributed by atoms with E-state index in [1.165, 1.54) is 12.8 Å². The van der Waals surface area contributed by atoms with E-state index < -0.39 is 0 Å². The number of hydrogen-bond acceptors (Lipinski definition) is 4. The Hall–Kier alpha value is -1.92. The summed E-state index contributed by atoms with van der Waals surface area (Å²) >= 11 is 0.